The molecule has 0 bridgehead atoms. The van der Waals surface area contributed by atoms with Crippen molar-refractivity contribution >= 4 is 82.7 Å². The number of anilines is 1. The van der Waals surface area contributed by atoms with E-state index in [2.05, 4.69) is 47.5 Å². The summed E-state index contributed by atoms with van der Waals surface area (Å²) in [5.74, 6) is 0.578. The summed E-state index contributed by atoms with van der Waals surface area (Å²) in [6.45, 7) is 0. The Balaban J connectivity index is 1.35. The van der Waals surface area contributed by atoms with Crippen LogP contribution in [0, 0.1) is 0 Å². The average Bonchev–Trinajstić information content (AvgIpc) is 3.27. The predicted octanol–water partition coefficient (Wildman–Crippen LogP) is 7.31. The van der Waals surface area contributed by atoms with Crippen LogP contribution < -0.4 is 15.4 Å². The topological polar surface area (TPSA) is 76.4 Å². The van der Waals surface area contributed by atoms with Crippen molar-refractivity contribution in [3.63, 3.8) is 0 Å². The molecule has 2 N–H and O–H groups in total. The molecule has 5 rings (SSSR count). The molecule has 0 fully saturated rings. The third-order valence-electron chi connectivity index (χ3n) is 5.35. The molecule has 0 unspecified atom stereocenters. The van der Waals surface area contributed by atoms with Gasteiger partial charge >= 0.3 is 0 Å². The maximum atomic E-state index is 13.0. The van der Waals surface area contributed by atoms with Crippen molar-refractivity contribution in [2.45, 2.75) is 0 Å². The summed E-state index contributed by atoms with van der Waals surface area (Å²) in [5.41, 5.74) is 3.23. The van der Waals surface area contributed by atoms with Crippen LogP contribution in [0.25, 0.3) is 33.3 Å². The summed E-state index contributed by atoms with van der Waals surface area (Å²) in [5, 5.41) is 7.77. The second-order valence-electron chi connectivity index (χ2n) is 7.61. The van der Waals surface area contributed by atoms with E-state index in [9.17, 15) is 4.79 Å². The van der Waals surface area contributed by atoms with Crippen molar-refractivity contribution in [1.29, 1.82) is 0 Å². The smallest absolute Gasteiger partial charge is 0.261 e. The first kappa shape index (κ1) is 23.5. The van der Waals surface area contributed by atoms with E-state index < -0.39 is 0 Å². The first-order valence-electron chi connectivity index (χ1n) is 10.5. The van der Waals surface area contributed by atoms with E-state index in [4.69, 9.17) is 21.4 Å². The number of rotatable bonds is 4. The molecule has 0 spiro atoms. The van der Waals surface area contributed by atoms with E-state index >= 15 is 0 Å². The van der Waals surface area contributed by atoms with E-state index in [1.54, 1.807) is 12.1 Å². The third kappa shape index (κ3) is 4.80. The summed E-state index contributed by atoms with van der Waals surface area (Å²) in [4.78, 5) is 17.6. The zero-order valence-electron chi connectivity index (χ0n) is 18.3. The van der Waals surface area contributed by atoms with E-state index in [0.29, 0.717) is 38.5 Å². The van der Waals surface area contributed by atoms with Gasteiger partial charge in [-0.05, 0) is 87.5 Å². The fourth-order valence-corrected chi connectivity index (χ4v) is 4.92. The average molecular weight is 611 g/mol. The van der Waals surface area contributed by atoms with Crippen LogP contribution in [0.3, 0.4) is 0 Å². The lowest BCUT2D eigenvalue weighted by molar-refractivity contribution is 0.0975. The number of hydrogen-bond donors (Lipinski definition) is 2. The minimum absolute atomic E-state index is 0.150. The first-order chi connectivity index (χ1) is 16.9. The highest BCUT2D eigenvalue weighted by Crippen LogP contribution is 2.36. The number of methoxy groups -OCH3 is 1. The Hall–Kier alpha value is -3.27. The standard InChI is InChI=1S/C26H17Br2N3O3S/c1-33-23-19(12-15-4-2-3-5-18(15)22(23)28)24(32)31-26(35)29-17-10-11-21-20(13-17)30-25(34-21)14-6-8-16(27)9-7-14/h2-13H,1H3,(H2,29,31,32,35). The number of hydrogen-bond acceptors (Lipinski definition) is 5. The van der Waals surface area contributed by atoms with Crippen LogP contribution in [0.4, 0.5) is 5.69 Å². The van der Waals surface area contributed by atoms with Crippen molar-refractivity contribution < 1.29 is 13.9 Å². The highest BCUT2D eigenvalue weighted by Gasteiger charge is 2.19. The van der Waals surface area contributed by atoms with E-state index in [0.717, 1.165) is 20.8 Å². The van der Waals surface area contributed by atoms with E-state index in [1.807, 2.05) is 60.7 Å². The van der Waals surface area contributed by atoms with Gasteiger partial charge in [0, 0.05) is 15.7 Å². The van der Waals surface area contributed by atoms with Crippen molar-refractivity contribution in [1.82, 2.24) is 10.3 Å². The molecule has 0 saturated carbocycles. The van der Waals surface area contributed by atoms with Crippen LogP contribution in [0.15, 0.2) is 86.2 Å². The van der Waals surface area contributed by atoms with Crippen molar-refractivity contribution in [2.24, 2.45) is 0 Å². The van der Waals surface area contributed by atoms with Gasteiger partial charge in [0.25, 0.3) is 5.91 Å². The highest BCUT2D eigenvalue weighted by molar-refractivity contribution is 9.11. The lowest BCUT2D eigenvalue weighted by Gasteiger charge is -2.14. The zero-order chi connectivity index (χ0) is 24.5. The Morgan fingerprint density at radius 2 is 1.80 bits per heavy atom. The minimum atomic E-state index is -0.383. The summed E-state index contributed by atoms with van der Waals surface area (Å²) < 4.78 is 13.1. The maximum Gasteiger partial charge on any atom is 0.261 e. The molecular weight excluding hydrogens is 594 g/mol. The number of nitrogens with one attached hydrogen (secondary N) is 2. The SMILES string of the molecule is COc1c(C(=O)NC(=S)Nc2ccc3oc(-c4ccc(Br)cc4)nc3c2)cc2ccccc2c1Br. The molecule has 6 nitrogen and oxygen atoms in total. The van der Waals surface area contributed by atoms with Crippen molar-refractivity contribution in [3.8, 4) is 17.2 Å². The van der Waals surface area contributed by atoms with Gasteiger partial charge in [0.1, 0.15) is 11.3 Å². The van der Waals surface area contributed by atoms with Crippen LogP contribution in [-0.2, 0) is 0 Å². The Labute approximate surface area is 222 Å². The fraction of sp³-hybridized carbons (Fsp3) is 0.0385. The third-order valence-corrected chi connectivity index (χ3v) is 6.87. The molecule has 4 aromatic carbocycles. The summed E-state index contributed by atoms with van der Waals surface area (Å²) in [6.07, 6.45) is 0. The Bertz CT molecular complexity index is 1600. The monoisotopic (exact) mass is 609 g/mol. The van der Waals surface area contributed by atoms with Gasteiger partial charge in [-0.2, -0.15) is 0 Å². The minimum Gasteiger partial charge on any atom is -0.495 e. The van der Waals surface area contributed by atoms with Gasteiger partial charge < -0.3 is 14.5 Å². The molecule has 1 amide bonds. The number of aromatic nitrogens is 1. The van der Waals surface area contributed by atoms with Crippen LogP contribution >= 0.6 is 44.1 Å². The second kappa shape index (κ2) is 9.77. The molecule has 0 radical (unpaired) electrons. The van der Waals surface area contributed by atoms with E-state index in [-0.39, 0.29) is 11.0 Å². The van der Waals surface area contributed by atoms with Crippen molar-refractivity contribution in [3.05, 3.63) is 87.3 Å². The molecule has 0 aliphatic heterocycles. The van der Waals surface area contributed by atoms with Gasteiger partial charge in [-0.1, -0.05) is 40.2 Å². The quantitative estimate of drug-likeness (QED) is 0.208. The number of amides is 1. The molecule has 5 aromatic rings. The summed E-state index contributed by atoms with van der Waals surface area (Å²) in [6, 6.07) is 22.7. The Morgan fingerprint density at radius 1 is 1.03 bits per heavy atom. The highest BCUT2D eigenvalue weighted by atomic mass is 79.9. The number of oxazole rings is 1. The number of fused-ring (bicyclic) bond motifs is 2. The molecule has 35 heavy (non-hydrogen) atoms. The first-order valence-corrected chi connectivity index (χ1v) is 12.5. The number of carbonyl (C=O) groups excluding carboxylic acids is 1. The largest absolute Gasteiger partial charge is 0.495 e. The van der Waals surface area contributed by atoms with E-state index in [1.165, 1.54) is 7.11 Å². The Kier molecular flexibility index (Phi) is 6.55. The Morgan fingerprint density at radius 3 is 2.57 bits per heavy atom. The lowest BCUT2D eigenvalue weighted by Crippen LogP contribution is -2.34. The number of carbonyl (C=O) groups is 1. The molecule has 174 valence electrons. The zero-order valence-corrected chi connectivity index (χ0v) is 22.3. The second-order valence-corrected chi connectivity index (χ2v) is 9.73. The predicted molar refractivity (Wildman–Crippen MR) is 149 cm³/mol. The number of benzene rings is 4. The molecule has 1 aromatic heterocycles. The number of ether oxygens (including phenoxy) is 1. The van der Waals surface area contributed by atoms with Gasteiger partial charge in [-0.3, -0.25) is 10.1 Å². The molecule has 0 aliphatic carbocycles. The summed E-state index contributed by atoms with van der Waals surface area (Å²) in [7, 11) is 1.53. The number of halogens is 2. The molecule has 0 aliphatic rings. The molecular formula is C26H17Br2N3O3S. The number of thiocarbonyl (C=S) groups is 1. The molecule has 9 heteroatoms. The molecule has 0 saturated heterocycles. The lowest BCUT2D eigenvalue weighted by atomic mass is 10.1. The molecule has 1 heterocycles. The van der Waals surface area contributed by atoms with Crippen LogP contribution in [0.5, 0.6) is 5.75 Å². The van der Waals surface area contributed by atoms with Gasteiger partial charge in [0.05, 0.1) is 17.1 Å². The normalized spacial score (nSPS) is 10.9. The van der Waals surface area contributed by atoms with Gasteiger partial charge in [-0.15, -0.1) is 0 Å². The van der Waals surface area contributed by atoms with Crippen LogP contribution in [0.2, 0.25) is 0 Å². The molecule has 0 atom stereocenters. The van der Waals surface area contributed by atoms with Crippen LogP contribution in [0.1, 0.15) is 10.4 Å². The van der Waals surface area contributed by atoms with Crippen LogP contribution in [-0.4, -0.2) is 23.1 Å². The van der Waals surface area contributed by atoms with Gasteiger partial charge in [0.2, 0.25) is 5.89 Å². The van der Waals surface area contributed by atoms with Gasteiger partial charge in [-0.25, -0.2) is 4.98 Å². The summed E-state index contributed by atoms with van der Waals surface area (Å²) >= 11 is 12.4. The maximum absolute atomic E-state index is 13.0. The van der Waals surface area contributed by atoms with Crippen molar-refractivity contribution in [2.75, 3.05) is 12.4 Å². The number of nitrogens with zero attached hydrogens (tertiary/aromatic N) is 1. The van der Waals surface area contributed by atoms with Gasteiger partial charge in [0.15, 0.2) is 10.7 Å². The fourth-order valence-electron chi connectivity index (χ4n) is 3.71.